The summed E-state index contributed by atoms with van der Waals surface area (Å²) in [5, 5.41) is 1.72. The second-order valence-corrected chi connectivity index (χ2v) is 10.3. The molecule has 1 aliphatic rings. The van der Waals surface area contributed by atoms with Crippen molar-refractivity contribution in [3.63, 3.8) is 0 Å². The van der Waals surface area contributed by atoms with E-state index in [0.29, 0.717) is 27.2 Å². The summed E-state index contributed by atoms with van der Waals surface area (Å²) in [7, 11) is 0. The fourth-order valence-corrected chi connectivity index (χ4v) is 5.26. The maximum absolute atomic E-state index is 13.0. The van der Waals surface area contributed by atoms with Gasteiger partial charge in [0.1, 0.15) is 12.4 Å². The third-order valence-electron chi connectivity index (χ3n) is 5.92. The van der Waals surface area contributed by atoms with Crippen molar-refractivity contribution in [2.45, 2.75) is 13.5 Å². The SMILES string of the molecule is Cc1ccc(OCCN2C(=O)S/C(=C\c3cn(Cc4ccc(Cl)c(Cl)c4)c4ccccc34)C2=O)cc1. The summed E-state index contributed by atoms with van der Waals surface area (Å²) in [6.45, 7) is 3.01. The van der Waals surface area contributed by atoms with Gasteiger partial charge in [0.2, 0.25) is 0 Å². The second-order valence-electron chi connectivity index (χ2n) is 8.47. The van der Waals surface area contributed by atoms with Gasteiger partial charge < -0.3 is 9.30 Å². The van der Waals surface area contributed by atoms with Crippen molar-refractivity contribution in [3.05, 3.63) is 105 Å². The van der Waals surface area contributed by atoms with E-state index in [1.54, 1.807) is 12.1 Å². The monoisotopic (exact) mass is 536 g/mol. The topological polar surface area (TPSA) is 51.5 Å². The average Bonchev–Trinajstić information content (AvgIpc) is 3.34. The number of hydrogen-bond donors (Lipinski definition) is 0. The summed E-state index contributed by atoms with van der Waals surface area (Å²) in [5.41, 5.74) is 4.02. The Labute approximate surface area is 223 Å². The van der Waals surface area contributed by atoms with Crippen LogP contribution in [0, 0.1) is 6.92 Å². The number of aryl methyl sites for hydroxylation is 1. The predicted octanol–water partition coefficient (Wildman–Crippen LogP) is 7.42. The van der Waals surface area contributed by atoms with Crippen LogP contribution in [0.2, 0.25) is 10.0 Å². The zero-order valence-corrected chi connectivity index (χ0v) is 21.7. The van der Waals surface area contributed by atoms with Crippen LogP contribution in [0.1, 0.15) is 16.7 Å². The Morgan fingerprint density at radius 3 is 2.53 bits per heavy atom. The van der Waals surface area contributed by atoms with E-state index < -0.39 is 0 Å². The maximum atomic E-state index is 13.0. The Balaban J connectivity index is 1.35. The quantitative estimate of drug-likeness (QED) is 0.230. The Kier molecular flexibility index (Phi) is 7.10. The predicted molar refractivity (Wildman–Crippen MR) is 147 cm³/mol. The Bertz CT molecular complexity index is 1490. The number of benzene rings is 3. The summed E-state index contributed by atoms with van der Waals surface area (Å²) in [6, 6.07) is 21.2. The number of fused-ring (bicyclic) bond motifs is 1. The summed E-state index contributed by atoms with van der Waals surface area (Å²) >= 11 is 13.2. The smallest absolute Gasteiger partial charge is 0.293 e. The van der Waals surface area contributed by atoms with Crippen molar-refractivity contribution in [1.29, 1.82) is 0 Å². The molecule has 2 amide bonds. The van der Waals surface area contributed by atoms with E-state index in [2.05, 4.69) is 4.57 Å². The third-order valence-corrected chi connectivity index (χ3v) is 7.57. The lowest BCUT2D eigenvalue weighted by atomic mass is 10.1. The Hall–Kier alpha value is -3.19. The molecule has 36 heavy (non-hydrogen) atoms. The number of hydrogen-bond acceptors (Lipinski definition) is 4. The number of thioether (sulfide) groups is 1. The van der Waals surface area contributed by atoms with Crippen LogP contribution in [0.25, 0.3) is 17.0 Å². The number of carbonyl (C=O) groups is 2. The van der Waals surface area contributed by atoms with Gasteiger partial charge in [-0.25, -0.2) is 0 Å². The van der Waals surface area contributed by atoms with Gasteiger partial charge in [0, 0.05) is 29.2 Å². The molecule has 0 bridgehead atoms. The molecule has 1 aliphatic heterocycles. The molecule has 182 valence electrons. The Morgan fingerprint density at radius 1 is 0.972 bits per heavy atom. The fraction of sp³-hybridized carbons (Fsp3) is 0.143. The van der Waals surface area contributed by atoms with Crippen LogP contribution in [0.3, 0.4) is 0 Å². The van der Waals surface area contributed by atoms with Crippen LogP contribution in [0.4, 0.5) is 4.79 Å². The molecule has 5 nitrogen and oxygen atoms in total. The summed E-state index contributed by atoms with van der Waals surface area (Å²) in [6.07, 6.45) is 3.78. The molecular weight excluding hydrogens is 515 g/mol. The van der Waals surface area contributed by atoms with E-state index in [9.17, 15) is 9.59 Å². The minimum Gasteiger partial charge on any atom is -0.492 e. The molecule has 2 heterocycles. The van der Waals surface area contributed by atoms with Crippen LogP contribution in [0.5, 0.6) is 5.75 Å². The zero-order chi connectivity index (χ0) is 25.2. The van der Waals surface area contributed by atoms with E-state index in [1.807, 2.05) is 73.8 Å². The van der Waals surface area contributed by atoms with Gasteiger partial charge in [-0.1, -0.05) is 65.2 Å². The minimum atomic E-state index is -0.307. The standard InChI is InChI=1S/C28H22Cl2N2O3S/c1-18-6-9-21(10-7-18)35-13-12-32-27(33)26(36-28(32)34)15-20-17-31(25-5-3-2-4-22(20)25)16-19-8-11-23(29)24(30)14-19/h2-11,14-15,17H,12-13,16H2,1H3/b26-15-. The van der Waals surface area contributed by atoms with E-state index in [-0.39, 0.29) is 24.3 Å². The highest BCUT2D eigenvalue weighted by Crippen LogP contribution is 2.34. The number of ether oxygens (including phenoxy) is 1. The zero-order valence-electron chi connectivity index (χ0n) is 19.4. The molecule has 0 aliphatic carbocycles. The molecule has 1 fully saturated rings. The number of aromatic nitrogens is 1. The van der Waals surface area contributed by atoms with Gasteiger partial charge in [-0.3, -0.25) is 14.5 Å². The molecule has 0 N–H and O–H groups in total. The number of carbonyl (C=O) groups excluding carboxylic acids is 2. The molecule has 0 saturated carbocycles. The first kappa shape index (κ1) is 24.5. The van der Waals surface area contributed by atoms with Crippen LogP contribution < -0.4 is 4.74 Å². The first-order valence-electron chi connectivity index (χ1n) is 11.4. The lowest BCUT2D eigenvalue weighted by molar-refractivity contribution is -0.123. The van der Waals surface area contributed by atoms with Crippen molar-refractivity contribution < 1.29 is 14.3 Å². The fourth-order valence-electron chi connectivity index (χ4n) is 4.08. The van der Waals surface area contributed by atoms with Gasteiger partial charge in [0.05, 0.1) is 21.5 Å². The number of halogens is 2. The first-order valence-corrected chi connectivity index (χ1v) is 12.9. The number of amides is 2. The number of imide groups is 1. The van der Waals surface area contributed by atoms with Crippen LogP contribution in [-0.2, 0) is 11.3 Å². The molecule has 0 atom stereocenters. The highest BCUT2D eigenvalue weighted by atomic mass is 35.5. The first-order chi connectivity index (χ1) is 17.4. The molecule has 1 saturated heterocycles. The van der Waals surface area contributed by atoms with Crippen molar-refractivity contribution in [2.24, 2.45) is 0 Å². The van der Waals surface area contributed by atoms with Gasteiger partial charge in [-0.15, -0.1) is 0 Å². The van der Waals surface area contributed by atoms with Crippen molar-refractivity contribution in [1.82, 2.24) is 9.47 Å². The molecule has 0 spiro atoms. The number of nitrogens with zero attached hydrogens (tertiary/aromatic N) is 2. The van der Waals surface area contributed by atoms with E-state index in [1.165, 1.54) is 4.90 Å². The highest BCUT2D eigenvalue weighted by Gasteiger charge is 2.35. The van der Waals surface area contributed by atoms with Gasteiger partial charge in [-0.05, 0) is 60.7 Å². The lowest BCUT2D eigenvalue weighted by Gasteiger charge is -2.13. The van der Waals surface area contributed by atoms with E-state index in [4.69, 9.17) is 27.9 Å². The molecule has 3 aromatic carbocycles. The number of rotatable bonds is 7. The second kappa shape index (κ2) is 10.4. The van der Waals surface area contributed by atoms with Crippen molar-refractivity contribution in [3.8, 4) is 5.75 Å². The van der Waals surface area contributed by atoms with Crippen molar-refractivity contribution in [2.75, 3.05) is 13.2 Å². The highest BCUT2D eigenvalue weighted by molar-refractivity contribution is 8.18. The molecule has 8 heteroatoms. The summed E-state index contributed by atoms with van der Waals surface area (Å²) in [4.78, 5) is 27.3. The van der Waals surface area contributed by atoms with Crippen LogP contribution in [0.15, 0.2) is 77.8 Å². The third kappa shape index (κ3) is 5.16. The Morgan fingerprint density at radius 2 is 1.75 bits per heavy atom. The van der Waals surface area contributed by atoms with Gasteiger partial charge in [0.15, 0.2) is 0 Å². The van der Waals surface area contributed by atoms with Crippen LogP contribution in [-0.4, -0.2) is 33.8 Å². The molecule has 1 aromatic heterocycles. The van der Waals surface area contributed by atoms with Crippen LogP contribution >= 0.6 is 35.0 Å². The minimum absolute atomic E-state index is 0.189. The van der Waals surface area contributed by atoms with Gasteiger partial charge in [0.25, 0.3) is 11.1 Å². The van der Waals surface area contributed by atoms with E-state index >= 15 is 0 Å². The normalized spacial score (nSPS) is 14.9. The van der Waals surface area contributed by atoms with Gasteiger partial charge in [-0.2, -0.15) is 0 Å². The summed E-state index contributed by atoms with van der Waals surface area (Å²) in [5.74, 6) is 0.400. The number of para-hydroxylation sites is 1. The maximum Gasteiger partial charge on any atom is 0.293 e. The average molecular weight is 537 g/mol. The van der Waals surface area contributed by atoms with Crippen molar-refractivity contribution >= 4 is 63.1 Å². The molecule has 0 unspecified atom stereocenters. The molecular formula is C28H22Cl2N2O3S. The lowest BCUT2D eigenvalue weighted by Crippen LogP contribution is -2.32. The van der Waals surface area contributed by atoms with Gasteiger partial charge >= 0.3 is 0 Å². The largest absolute Gasteiger partial charge is 0.492 e. The molecule has 4 aromatic rings. The van der Waals surface area contributed by atoms with E-state index in [0.717, 1.165) is 39.4 Å². The summed E-state index contributed by atoms with van der Waals surface area (Å²) < 4.78 is 7.81. The molecule has 0 radical (unpaired) electrons. The molecule has 5 rings (SSSR count).